The summed E-state index contributed by atoms with van der Waals surface area (Å²) in [4.78, 5) is 24.1. The second-order valence-electron chi connectivity index (χ2n) is 6.43. The average molecular weight is 454 g/mol. The molecule has 30 heavy (non-hydrogen) atoms. The van der Waals surface area contributed by atoms with Crippen LogP contribution in [0, 0.1) is 0 Å². The van der Waals surface area contributed by atoms with Crippen molar-refractivity contribution in [2.45, 2.75) is 11.5 Å². The Kier molecular flexibility index (Phi) is 7.09. The summed E-state index contributed by atoms with van der Waals surface area (Å²) in [5, 5.41) is 0.0734. The van der Waals surface area contributed by atoms with Crippen LogP contribution in [0.1, 0.15) is 26.3 Å². The third-order valence-corrected chi connectivity index (χ3v) is 6.71. The largest absolute Gasteiger partial charge is 0.465 e. The van der Waals surface area contributed by atoms with Gasteiger partial charge in [-0.05, 0) is 35.9 Å². The number of methoxy groups -OCH3 is 1. The van der Waals surface area contributed by atoms with Crippen LogP contribution in [0.5, 0.6) is 0 Å². The molecular weight excluding hydrogens is 434 g/mol. The highest BCUT2D eigenvalue weighted by molar-refractivity contribution is 7.89. The van der Waals surface area contributed by atoms with Crippen molar-refractivity contribution in [3.8, 4) is 0 Å². The number of benzene rings is 2. The molecule has 0 N–H and O–H groups in total. The Morgan fingerprint density at radius 2 is 1.83 bits per heavy atom. The van der Waals surface area contributed by atoms with Gasteiger partial charge in [-0.15, -0.1) is 0 Å². The molecule has 2 aromatic carbocycles. The fourth-order valence-electron chi connectivity index (χ4n) is 2.89. The van der Waals surface area contributed by atoms with E-state index in [1.807, 2.05) is 0 Å². The number of nitrogens with zero attached hydrogens (tertiary/aromatic N) is 1. The lowest BCUT2D eigenvalue weighted by Crippen LogP contribution is -2.40. The average Bonchev–Trinajstić information content (AvgIpc) is 2.77. The molecule has 0 amide bonds. The monoisotopic (exact) mass is 453 g/mol. The Morgan fingerprint density at radius 3 is 2.53 bits per heavy atom. The minimum atomic E-state index is -3.78. The zero-order chi connectivity index (χ0) is 21.7. The number of morpholine rings is 1. The van der Waals surface area contributed by atoms with Crippen molar-refractivity contribution in [3.05, 3.63) is 64.2 Å². The fraction of sp³-hybridized carbons (Fsp3) is 0.300. The van der Waals surface area contributed by atoms with Gasteiger partial charge in [-0.1, -0.05) is 23.7 Å². The van der Waals surface area contributed by atoms with Gasteiger partial charge in [0.1, 0.15) is 6.61 Å². The van der Waals surface area contributed by atoms with Crippen molar-refractivity contribution in [1.82, 2.24) is 4.31 Å². The number of hydrogen-bond acceptors (Lipinski definition) is 7. The Hall–Kier alpha value is -2.46. The van der Waals surface area contributed by atoms with Crippen LogP contribution in [0.4, 0.5) is 0 Å². The summed E-state index contributed by atoms with van der Waals surface area (Å²) >= 11 is 6.10. The molecule has 10 heteroatoms. The third-order valence-electron chi connectivity index (χ3n) is 4.48. The van der Waals surface area contributed by atoms with Crippen LogP contribution >= 0.6 is 11.6 Å². The number of carbonyl (C=O) groups is 2. The lowest BCUT2D eigenvalue weighted by Gasteiger charge is -2.26. The summed E-state index contributed by atoms with van der Waals surface area (Å²) in [6.07, 6.45) is 0. The second kappa shape index (κ2) is 9.57. The van der Waals surface area contributed by atoms with Crippen LogP contribution in [-0.2, 0) is 30.8 Å². The molecule has 0 radical (unpaired) electrons. The highest BCUT2D eigenvalue weighted by atomic mass is 35.5. The van der Waals surface area contributed by atoms with Gasteiger partial charge in [0.05, 0.1) is 41.4 Å². The van der Waals surface area contributed by atoms with E-state index in [4.69, 9.17) is 21.1 Å². The van der Waals surface area contributed by atoms with Crippen LogP contribution in [0.3, 0.4) is 0 Å². The summed E-state index contributed by atoms with van der Waals surface area (Å²) in [5.41, 5.74) is 0.831. The van der Waals surface area contributed by atoms with E-state index >= 15 is 0 Å². The quantitative estimate of drug-likeness (QED) is 0.619. The predicted octanol–water partition coefficient (Wildman–Crippen LogP) is 2.50. The van der Waals surface area contributed by atoms with E-state index in [-0.39, 0.29) is 35.2 Å². The standard InChI is InChI=1S/C20H20ClNO7S/c1-27-19(23)15-4-2-3-14(11-15)13-29-20(24)17-12-16(5-6-18(17)21)30(25,26)22-7-9-28-10-8-22/h2-6,11-12H,7-10,13H2,1H3. The first-order valence-electron chi connectivity index (χ1n) is 9.05. The number of sulfonamides is 1. The molecular formula is C20H20ClNO7S. The lowest BCUT2D eigenvalue weighted by atomic mass is 10.1. The van der Waals surface area contributed by atoms with Crippen LogP contribution in [0.25, 0.3) is 0 Å². The molecule has 1 fully saturated rings. The Bertz CT molecular complexity index is 1050. The van der Waals surface area contributed by atoms with Gasteiger partial charge in [0.2, 0.25) is 10.0 Å². The van der Waals surface area contributed by atoms with Gasteiger partial charge in [-0.25, -0.2) is 18.0 Å². The lowest BCUT2D eigenvalue weighted by molar-refractivity contribution is 0.0472. The first-order valence-corrected chi connectivity index (χ1v) is 10.9. The van der Waals surface area contributed by atoms with Gasteiger partial charge in [-0.3, -0.25) is 0 Å². The summed E-state index contributed by atoms with van der Waals surface area (Å²) in [7, 11) is -2.51. The molecule has 3 rings (SSSR count). The van der Waals surface area contributed by atoms with Gasteiger partial charge < -0.3 is 14.2 Å². The predicted molar refractivity (Wildman–Crippen MR) is 108 cm³/mol. The molecule has 1 aliphatic rings. The van der Waals surface area contributed by atoms with Crippen LogP contribution in [0.2, 0.25) is 5.02 Å². The highest BCUT2D eigenvalue weighted by Crippen LogP contribution is 2.24. The van der Waals surface area contributed by atoms with E-state index in [1.165, 1.54) is 29.6 Å². The second-order valence-corrected chi connectivity index (χ2v) is 8.77. The molecule has 160 valence electrons. The molecule has 0 aromatic heterocycles. The molecule has 0 unspecified atom stereocenters. The van der Waals surface area contributed by atoms with Crippen LogP contribution in [-0.4, -0.2) is 58.1 Å². The normalized spacial score (nSPS) is 14.9. The van der Waals surface area contributed by atoms with Gasteiger partial charge in [-0.2, -0.15) is 4.31 Å². The van der Waals surface area contributed by atoms with Crippen molar-refractivity contribution in [2.75, 3.05) is 33.4 Å². The Morgan fingerprint density at radius 1 is 1.10 bits per heavy atom. The van der Waals surface area contributed by atoms with E-state index in [9.17, 15) is 18.0 Å². The van der Waals surface area contributed by atoms with Gasteiger partial charge in [0.25, 0.3) is 0 Å². The highest BCUT2D eigenvalue weighted by Gasteiger charge is 2.28. The molecule has 0 spiro atoms. The molecule has 2 aromatic rings. The summed E-state index contributed by atoms with van der Waals surface area (Å²) in [5.74, 6) is -1.28. The van der Waals surface area contributed by atoms with Crippen LogP contribution in [0.15, 0.2) is 47.4 Å². The summed E-state index contributed by atoms with van der Waals surface area (Å²) in [6.45, 7) is 0.974. The fourth-order valence-corrected chi connectivity index (χ4v) is 4.52. The van der Waals surface area contributed by atoms with Crippen molar-refractivity contribution in [2.24, 2.45) is 0 Å². The molecule has 0 atom stereocenters. The SMILES string of the molecule is COC(=O)c1cccc(COC(=O)c2cc(S(=O)(=O)N3CCOCC3)ccc2Cl)c1. The minimum Gasteiger partial charge on any atom is -0.465 e. The van der Waals surface area contributed by atoms with E-state index in [1.54, 1.807) is 24.3 Å². The molecule has 1 aliphatic heterocycles. The van der Waals surface area contributed by atoms with Crippen molar-refractivity contribution in [1.29, 1.82) is 0 Å². The first-order chi connectivity index (χ1) is 14.3. The third kappa shape index (κ3) is 4.99. The van der Waals surface area contributed by atoms with Crippen molar-refractivity contribution < 1.29 is 32.2 Å². The van der Waals surface area contributed by atoms with E-state index in [0.29, 0.717) is 24.3 Å². The Labute approximate surface area is 179 Å². The van der Waals surface area contributed by atoms with Crippen LogP contribution < -0.4 is 0 Å². The minimum absolute atomic E-state index is 0.0477. The first kappa shape index (κ1) is 22.2. The number of hydrogen-bond donors (Lipinski definition) is 0. The van der Waals surface area contributed by atoms with E-state index in [0.717, 1.165) is 0 Å². The van der Waals surface area contributed by atoms with E-state index < -0.39 is 22.0 Å². The number of rotatable bonds is 6. The van der Waals surface area contributed by atoms with E-state index in [2.05, 4.69) is 4.74 Å². The molecule has 1 saturated heterocycles. The maximum absolute atomic E-state index is 12.8. The van der Waals surface area contributed by atoms with Gasteiger partial charge in [0.15, 0.2) is 0 Å². The zero-order valence-corrected chi connectivity index (χ0v) is 17.7. The topological polar surface area (TPSA) is 99.2 Å². The molecule has 8 nitrogen and oxygen atoms in total. The zero-order valence-electron chi connectivity index (χ0n) is 16.2. The maximum atomic E-state index is 12.8. The van der Waals surface area contributed by atoms with Gasteiger partial charge in [0, 0.05) is 13.1 Å². The molecule has 0 saturated carbocycles. The van der Waals surface area contributed by atoms with Gasteiger partial charge >= 0.3 is 11.9 Å². The number of carbonyl (C=O) groups excluding carboxylic acids is 2. The number of esters is 2. The molecule has 0 aliphatic carbocycles. The smallest absolute Gasteiger partial charge is 0.340 e. The molecule has 1 heterocycles. The van der Waals surface area contributed by atoms with Crippen molar-refractivity contribution in [3.63, 3.8) is 0 Å². The maximum Gasteiger partial charge on any atom is 0.340 e. The Balaban J connectivity index is 1.76. The summed E-state index contributed by atoms with van der Waals surface area (Å²) < 4.78 is 42.0. The number of halogens is 1. The van der Waals surface area contributed by atoms with Crippen molar-refractivity contribution >= 4 is 33.6 Å². The molecule has 0 bridgehead atoms. The number of ether oxygens (including phenoxy) is 3. The summed E-state index contributed by atoms with van der Waals surface area (Å²) in [6, 6.07) is 10.3.